The summed E-state index contributed by atoms with van der Waals surface area (Å²) in [6.45, 7) is 9.59. The third-order valence-electron chi connectivity index (χ3n) is 3.09. The van der Waals surface area contributed by atoms with Crippen molar-refractivity contribution in [3.63, 3.8) is 0 Å². The van der Waals surface area contributed by atoms with Crippen LogP contribution in [-0.4, -0.2) is 23.0 Å². The topological polar surface area (TPSA) is 59.3 Å². The van der Waals surface area contributed by atoms with Gasteiger partial charge in [-0.15, -0.1) is 0 Å². The summed E-state index contributed by atoms with van der Waals surface area (Å²) in [5.41, 5.74) is 0.908. The molecule has 0 spiro atoms. The molecule has 1 aromatic rings. The Morgan fingerprint density at radius 1 is 1.50 bits per heavy atom. The minimum absolute atomic E-state index is 0.0974. The van der Waals surface area contributed by atoms with Crippen LogP contribution in [0.25, 0.3) is 0 Å². The average Bonchev–Trinajstić information content (AvgIpc) is 2.35. The fourth-order valence-corrected chi connectivity index (χ4v) is 1.80. The number of pyridine rings is 1. The molecule has 5 nitrogen and oxygen atoms in total. The minimum atomic E-state index is -0.353. The normalized spacial score (nSPS) is 12.2. The highest BCUT2D eigenvalue weighted by Crippen LogP contribution is 2.27. The highest BCUT2D eigenvalue weighted by atomic mass is 16.6. The number of nitro groups is 1. The maximum atomic E-state index is 11.1. The second-order valence-corrected chi connectivity index (χ2v) is 4.66. The molecule has 0 aliphatic rings. The molecule has 0 aliphatic heterocycles. The Kier molecular flexibility index (Phi) is 5.07. The van der Waals surface area contributed by atoms with E-state index in [9.17, 15) is 10.1 Å². The highest BCUT2D eigenvalue weighted by molar-refractivity contribution is 5.58. The van der Waals surface area contributed by atoms with Crippen LogP contribution < -0.4 is 4.90 Å². The molecule has 18 heavy (non-hydrogen) atoms. The lowest BCUT2D eigenvalue weighted by atomic mass is 10.1. The van der Waals surface area contributed by atoms with Gasteiger partial charge in [0.1, 0.15) is 0 Å². The number of aryl methyl sites for hydroxylation is 1. The Hall–Kier alpha value is -1.65. The molecule has 100 valence electrons. The van der Waals surface area contributed by atoms with Crippen molar-refractivity contribution in [3.05, 3.63) is 27.9 Å². The first kappa shape index (κ1) is 14.4. The second kappa shape index (κ2) is 6.33. The molecule has 1 atom stereocenters. The Balaban J connectivity index is 3.08. The van der Waals surface area contributed by atoms with Gasteiger partial charge in [0.15, 0.2) is 0 Å². The lowest BCUT2D eigenvalue weighted by molar-refractivity contribution is -0.384. The molecule has 1 rings (SSSR count). The first-order chi connectivity index (χ1) is 8.49. The van der Waals surface area contributed by atoms with Crippen molar-refractivity contribution in [2.75, 3.05) is 18.0 Å². The fraction of sp³-hybridized carbons (Fsp3) is 0.615. The van der Waals surface area contributed by atoms with Gasteiger partial charge in [-0.25, -0.2) is 4.98 Å². The molecule has 0 fully saturated rings. The zero-order valence-electron chi connectivity index (χ0n) is 11.5. The summed E-state index contributed by atoms with van der Waals surface area (Å²) >= 11 is 0. The van der Waals surface area contributed by atoms with Crippen LogP contribution in [0.4, 0.5) is 11.5 Å². The minimum Gasteiger partial charge on any atom is -0.351 e. The number of hydrogen-bond donors (Lipinski definition) is 0. The SMILES string of the molecule is CCC(C)CN(CC)c1ncc(C)cc1[N+](=O)[O-]. The summed E-state index contributed by atoms with van der Waals surface area (Å²) in [5.74, 6) is 0.973. The van der Waals surface area contributed by atoms with E-state index in [-0.39, 0.29) is 10.6 Å². The van der Waals surface area contributed by atoms with Gasteiger partial charge in [0.2, 0.25) is 5.82 Å². The van der Waals surface area contributed by atoms with Gasteiger partial charge in [0.05, 0.1) is 4.92 Å². The molecular formula is C13H21N3O2. The lowest BCUT2D eigenvalue weighted by Crippen LogP contribution is -2.29. The van der Waals surface area contributed by atoms with Crippen LogP contribution in [-0.2, 0) is 0 Å². The highest BCUT2D eigenvalue weighted by Gasteiger charge is 2.21. The summed E-state index contributed by atoms with van der Waals surface area (Å²) in [5, 5.41) is 11.1. The monoisotopic (exact) mass is 251 g/mol. The largest absolute Gasteiger partial charge is 0.351 e. The summed E-state index contributed by atoms with van der Waals surface area (Å²) in [6.07, 6.45) is 2.73. The van der Waals surface area contributed by atoms with Gasteiger partial charge >= 0.3 is 5.69 Å². The number of nitrogens with zero attached hydrogens (tertiary/aromatic N) is 3. The predicted molar refractivity (Wildman–Crippen MR) is 73.0 cm³/mol. The van der Waals surface area contributed by atoms with Crippen molar-refractivity contribution in [3.8, 4) is 0 Å². The van der Waals surface area contributed by atoms with Crippen LogP contribution in [0.2, 0.25) is 0 Å². The second-order valence-electron chi connectivity index (χ2n) is 4.66. The van der Waals surface area contributed by atoms with Gasteiger partial charge in [-0.3, -0.25) is 10.1 Å². The van der Waals surface area contributed by atoms with Crippen molar-refractivity contribution in [2.24, 2.45) is 5.92 Å². The summed E-state index contributed by atoms with van der Waals surface area (Å²) < 4.78 is 0. The number of aromatic nitrogens is 1. The molecule has 0 saturated carbocycles. The molecule has 1 heterocycles. The molecule has 0 saturated heterocycles. The third kappa shape index (κ3) is 3.42. The quantitative estimate of drug-likeness (QED) is 0.575. The van der Waals surface area contributed by atoms with Crippen LogP contribution >= 0.6 is 0 Å². The van der Waals surface area contributed by atoms with E-state index in [0.717, 1.165) is 25.1 Å². The first-order valence-corrected chi connectivity index (χ1v) is 6.35. The molecule has 5 heteroatoms. The molecule has 1 aromatic heterocycles. The number of rotatable bonds is 6. The maximum Gasteiger partial charge on any atom is 0.311 e. The van der Waals surface area contributed by atoms with E-state index >= 15 is 0 Å². The zero-order chi connectivity index (χ0) is 13.7. The predicted octanol–water partition coefficient (Wildman–Crippen LogP) is 3.17. The van der Waals surface area contributed by atoms with Crippen LogP contribution in [0.5, 0.6) is 0 Å². The molecule has 0 aromatic carbocycles. The molecule has 0 amide bonds. The molecule has 1 unspecified atom stereocenters. The van der Waals surface area contributed by atoms with Gasteiger partial charge in [0, 0.05) is 25.4 Å². The van der Waals surface area contributed by atoms with Gasteiger partial charge in [-0.2, -0.15) is 0 Å². The number of hydrogen-bond acceptors (Lipinski definition) is 4. The molecule has 0 radical (unpaired) electrons. The Bertz CT molecular complexity index is 421. The zero-order valence-corrected chi connectivity index (χ0v) is 11.5. The third-order valence-corrected chi connectivity index (χ3v) is 3.09. The van der Waals surface area contributed by atoms with Gasteiger partial charge in [0.25, 0.3) is 0 Å². The van der Waals surface area contributed by atoms with E-state index in [4.69, 9.17) is 0 Å². The Morgan fingerprint density at radius 3 is 2.67 bits per heavy atom. The van der Waals surface area contributed by atoms with Gasteiger partial charge in [-0.05, 0) is 25.3 Å². The molecule has 0 aliphatic carbocycles. The first-order valence-electron chi connectivity index (χ1n) is 6.35. The van der Waals surface area contributed by atoms with Crippen LogP contribution in [0.1, 0.15) is 32.8 Å². The van der Waals surface area contributed by atoms with Crippen molar-refractivity contribution in [1.29, 1.82) is 0 Å². The maximum absolute atomic E-state index is 11.1. The standard InChI is InChI=1S/C13H21N3O2/c1-5-10(3)9-15(6-2)13-12(16(17)18)7-11(4)8-14-13/h7-8,10H,5-6,9H2,1-4H3. The van der Waals surface area contributed by atoms with E-state index < -0.39 is 0 Å². The van der Waals surface area contributed by atoms with Crippen molar-refractivity contribution < 1.29 is 4.92 Å². The molecule has 0 N–H and O–H groups in total. The van der Waals surface area contributed by atoms with E-state index in [0.29, 0.717) is 11.7 Å². The average molecular weight is 251 g/mol. The van der Waals surface area contributed by atoms with E-state index in [1.165, 1.54) is 0 Å². The van der Waals surface area contributed by atoms with Crippen molar-refractivity contribution in [1.82, 2.24) is 4.98 Å². The summed E-state index contributed by atoms with van der Waals surface area (Å²) in [6, 6.07) is 1.58. The van der Waals surface area contributed by atoms with Gasteiger partial charge < -0.3 is 4.90 Å². The van der Waals surface area contributed by atoms with E-state index in [1.807, 2.05) is 18.7 Å². The Labute approximate surface area is 108 Å². The van der Waals surface area contributed by atoms with Crippen molar-refractivity contribution >= 4 is 11.5 Å². The van der Waals surface area contributed by atoms with Crippen LogP contribution in [0.3, 0.4) is 0 Å². The lowest BCUT2D eigenvalue weighted by Gasteiger charge is -2.24. The van der Waals surface area contributed by atoms with Crippen LogP contribution in [0.15, 0.2) is 12.3 Å². The number of anilines is 1. The van der Waals surface area contributed by atoms with E-state index in [2.05, 4.69) is 18.8 Å². The van der Waals surface area contributed by atoms with Crippen molar-refractivity contribution in [2.45, 2.75) is 34.1 Å². The Morgan fingerprint density at radius 2 is 2.17 bits per heavy atom. The summed E-state index contributed by atoms with van der Waals surface area (Å²) in [7, 11) is 0. The van der Waals surface area contributed by atoms with Gasteiger partial charge in [-0.1, -0.05) is 20.3 Å². The molecular weight excluding hydrogens is 230 g/mol. The summed E-state index contributed by atoms with van der Waals surface area (Å²) in [4.78, 5) is 17.0. The van der Waals surface area contributed by atoms with Crippen LogP contribution in [0, 0.1) is 23.0 Å². The smallest absolute Gasteiger partial charge is 0.311 e. The van der Waals surface area contributed by atoms with E-state index in [1.54, 1.807) is 12.3 Å². The molecule has 0 bridgehead atoms. The fourth-order valence-electron chi connectivity index (χ4n) is 1.80.